The van der Waals surface area contributed by atoms with Crippen molar-refractivity contribution in [1.29, 1.82) is 0 Å². The number of benzene rings is 3. The molecule has 0 aliphatic heterocycles. The molecule has 8 heteroatoms. The average Bonchev–Trinajstić information content (AvgIpc) is 3.12. The lowest BCUT2D eigenvalue weighted by Gasteiger charge is -2.13. The van der Waals surface area contributed by atoms with Crippen LogP contribution in [0.2, 0.25) is 0 Å². The number of para-hydroxylation sites is 1. The Labute approximate surface area is 202 Å². The number of carbonyl (C=O) groups is 1. The fourth-order valence-electron chi connectivity index (χ4n) is 3.88. The number of aromatic nitrogens is 2. The van der Waals surface area contributed by atoms with Gasteiger partial charge in [0.2, 0.25) is 0 Å². The third kappa shape index (κ3) is 4.50. The minimum atomic E-state index is -1.01. The minimum absolute atomic E-state index is 0.175. The lowest BCUT2D eigenvalue weighted by atomic mass is 9.97. The molecule has 1 heterocycles. The second-order valence-electron chi connectivity index (χ2n) is 8.39. The fourth-order valence-corrected chi connectivity index (χ4v) is 3.88. The van der Waals surface area contributed by atoms with Gasteiger partial charge in [0, 0.05) is 5.56 Å². The molecule has 0 saturated heterocycles. The van der Waals surface area contributed by atoms with Gasteiger partial charge in [-0.25, -0.2) is 9.48 Å². The van der Waals surface area contributed by atoms with Crippen molar-refractivity contribution in [2.75, 3.05) is 7.11 Å². The Balaban J connectivity index is 1.77. The van der Waals surface area contributed by atoms with Crippen molar-refractivity contribution in [3.8, 4) is 22.6 Å². The quantitative estimate of drug-likeness (QED) is 0.328. The SMILES string of the molecule is COc1c(N=Nc2c(C)[nH]n(-c3ccc(C)c(C)c3)c2=O)cccc1-c1cc(C(=O)O)ccc1C. The monoisotopic (exact) mass is 470 g/mol. The third-order valence-electron chi connectivity index (χ3n) is 6.02. The summed E-state index contributed by atoms with van der Waals surface area (Å²) in [6.45, 7) is 7.67. The van der Waals surface area contributed by atoms with E-state index >= 15 is 0 Å². The maximum absolute atomic E-state index is 13.1. The van der Waals surface area contributed by atoms with Gasteiger partial charge in [-0.05, 0) is 80.3 Å². The largest absolute Gasteiger partial charge is 0.494 e. The van der Waals surface area contributed by atoms with E-state index in [-0.39, 0.29) is 16.8 Å². The van der Waals surface area contributed by atoms with Crippen molar-refractivity contribution in [3.63, 3.8) is 0 Å². The van der Waals surface area contributed by atoms with Crippen molar-refractivity contribution in [1.82, 2.24) is 9.78 Å². The zero-order valence-electron chi connectivity index (χ0n) is 20.2. The molecular weight excluding hydrogens is 444 g/mol. The Morgan fingerprint density at radius 3 is 2.34 bits per heavy atom. The molecule has 0 atom stereocenters. The summed E-state index contributed by atoms with van der Waals surface area (Å²) >= 11 is 0. The van der Waals surface area contributed by atoms with Gasteiger partial charge in [-0.15, -0.1) is 10.2 Å². The van der Waals surface area contributed by atoms with Crippen LogP contribution in [-0.2, 0) is 0 Å². The number of H-pyrrole nitrogens is 1. The first-order valence-corrected chi connectivity index (χ1v) is 11.0. The maximum atomic E-state index is 13.1. The molecule has 0 amide bonds. The first-order chi connectivity index (χ1) is 16.7. The zero-order valence-corrected chi connectivity index (χ0v) is 20.2. The standard InChI is InChI=1S/C27H26N4O4/c1-15-10-12-20(13-17(15)3)31-26(32)24(18(4)30-31)29-28-23-8-6-7-21(25(23)35-5)22-14-19(27(33)34)11-9-16(22)2/h6-14,30H,1-5H3,(H,33,34). The number of aryl methyl sites for hydroxylation is 4. The highest BCUT2D eigenvalue weighted by molar-refractivity contribution is 5.91. The lowest BCUT2D eigenvalue weighted by Crippen LogP contribution is -2.14. The smallest absolute Gasteiger partial charge is 0.335 e. The summed E-state index contributed by atoms with van der Waals surface area (Å²) in [5.74, 6) is -0.575. The van der Waals surface area contributed by atoms with Gasteiger partial charge in [-0.3, -0.25) is 9.89 Å². The number of nitrogens with one attached hydrogen (secondary N) is 1. The first kappa shape index (κ1) is 23.7. The number of ether oxygens (including phenoxy) is 1. The molecule has 0 radical (unpaired) electrons. The normalized spacial score (nSPS) is 11.2. The molecular formula is C27H26N4O4. The van der Waals surface area contributed by atoms with Gasteiger partial charge in [-0.1, -0.05) is 24.3 Å². The summed E-state index contributed by atoms with van der Waals surface area (Å²) in [5, 5.41) is 21.1. The lowest BCUT2D eigenvalue weighted by molar-refractivity contribution is 0.0697. The molecule has 178 valence electrons. The van der Waals surface area contributed by atoms with Crippen LogP contribution < -0.4 is 10.3 Å². The number of methoxy groups -OCH3 is 1. The van der Waals surface area contributed by atoms with Crippen molar-refractivity contribution < 1.29 is 14.6 Å². The van der Waals surface area contributed by atoms with Crippen molar-refractivity contribution in [2.45, 2.75) is 27.7 Å². The minimum Gasteiger partial charge on any atom is -0.494 e. The summed E-state index contributed by atoms with van der Waals surface area (Å²) in [5.41, 5.74) is 6.28. The predicted octanol–water partition coefficient (Wildman–Crippen LogP) is 6.19. The second-order valence-corrected chi connectivity index (χ2v) is 8.39. The summed E-state index contributed by atoms with van der Waals surface area (Å²) in [6, 6.07) is 16.1. The van der Waals surface area contributed by atoms with E-state index in [9.17, 15) is 14.7 Å². The molecule has 8 nitrogen and oxygen atoms in total. The highest BCUT2D eigenvalue weighted by Crippen LogP contribution is 2.40. The van der Waals surface area contributed by atoms with Crippen molar-refractivity contribution >= 4 is 17.3 Å². The van der Waals surface area contributed by atoms with E-state index in [4.69, 9.17) is 4.74 Å². The van der Waals surface area contributed by atoms with Gasteiger partial charge < -0.3 is 9.84 Å². The van der Waals surface area contributed by atoms with Crippen molar-refractivity contribution in [3.05, 3.63) is 92.9 Å². The summed E-state index contributed by atoms with van der Waals surface area (Å²) < 4.78 is 7.09. The fraction of sp³-hybridized carbons (Fsp3) is 0.185. The summed E-state index contributed by atoms with van der Waals surface area (Å²) in [4.78, 5) is 24.6. The Bertz CT molecular complexity index is 1530. The summed E-state index contributed by atoms with van der Waals surface area (Å²) in [6.07, 6.45) is 0. The molecule has 0 saturated carbocycles. The Morgan fingerprint density at radius 2 is 1.66 bits per heavy atom. The van der Waals surface area contributed by atoms with Crippen LogP contribution in [0.25, 0.3) is 16.8 Å². The van der Waals surface area contributed by atoms with Crippen LogP contribution in [0.3, 0.4) is 0 Å². The molecule has 0 aliphatic carbocycles. The molecule has 0 fully saturated rings. The average molecular weight is 471 g/mol. The molecule has 0 spiro atoms. The predicted molar refractivity (Wildman–Crippen MR) is 135 cm³/mol. The molecule has 1 aromatic heterocycles. The van der Waals surface area contributed by atoms with E-state index in [1.807, 2.05) is 45.0 Å². The number of carboxylic acids is 1. The Morgan fingerprint density at radius 1 is 0.914 bits per heavy atom. The Kier molecular flexibility index (Phi) is 6.38. The van der Waals surface area contributed by atoms with Gasteiger partial charge in [0.25, 0.3) is 5.56 Å². The molecule has 4 rings (SSSR count). The molecule has 35 heavy (non-hydrogen) atoms. The number of hydrogen-bond donors (Lipinski definition) is 2. The third-order valence-corrected chi connectivity index (χ3v) is 6.02. The number of carboxylic acid groups (broad SMARTS) is 1. The Hall–Kier alpha value is -4.46. The van der Waals surface area contributed by atoms with Crippen LogP contribution >= 0.6 is 0 Å². The highest BCUT2D eigenvalue weighted by Gasteiger charge is 2.16. The van der Waals surface area contributed by atoms with Crippen LogP contribution in [0.4, 0.5) is 11.4 Å². The second kappa shape index (κ2) is 9.42. The molecule has 2 N–H and O–H groups in total. The van der Waals surface area contributed by atoms with Crippen LogP contribution in [-0.4, -0.2) is 28.0 Å². The number of rotatable bonds is 6. The number of aromatic amines is 1. The zero-order chi connectivity index (χ0) is 25.3. The highest BCUT2D eigenvalue weighted by atomic mass is 16.5. The molecule has 4 aromatic rings. The number of azo groups is 1. The molecule has 3 aromatic carbocycles. The molecule has 0 bridgehead atoms. The van der Waals surface area contributed by atoms with E-state index < -0.39 is 5.97 Å². The van der Waals surface area contributed by atoms with Gasteiger partial charge in [-0.2, -0.15) is 0 Å². The van der Waals surface area contributed by atoms with Crippen LogP contribution in [0.5, 0.6) is 5.75 Å². The van der Waals surface area contributed by atoms with Crippen LogP contribution in [0.15, 0.2) is 69.6 Å². The van der Waals surface area contributed by atoms with Gasteiger partial charge in [0.05, 0.1) is 24.1 Å². The topological polar surface area (TPSA) is 109 Å². The van der Waals surface area contributed by atoms with Gasteiger partial charge in [0.1, 0.15) is 5.69 Å². The van der Waals surface area contributed by atoms with E-state index in [0.717, 1.165) is 22.4 Å². The molecule has 0 aliphatic rings. The van der Waals surface area contributed by atoms with Crippen LogP contribution in [0.1, 0.15) is 32.7 Å². The number of hydrogen-bond acceptors (Lipinski definition) is 5. The van der Waals surface area contributed by atoms with Crippen molar-refractivity contribution in [2.24, 2.45) is 10.2 Å². The van der Waals surface area contributed by atoms with Gasteiger partial charge >= 0.3 is 5.97 Å². The maximum Gasteiger partial charge on any atom is 0.335 e. The number of aromatic carboxylic acids is 1. The van der Waals surface area contributed by atoms with E-state index in [1.54, 1.807) is 37.3 Å². The summed E-state index contributed by atoms with van der Waals surface area (Å²) in [7, 11) is 1.52. The van der Waals surface area contributed by atoms with E-state index in [1.165, 1.54) is 11.8 Å². The van der Waals surface area contributed by atoms with E-state index in [2.05, 4.69) is 15.3 Å². The first-order valence-electron chi connectivity index (χ1n) is 11.0. The number of nitrogens with zero attached hydrogens (tertiary/aromatic N) is 3. The van der Waals surface area contributed by atoms with Gasteiger partial charge in [0.15, 0.2) is 11.4 Å². The molecule has 0 unspecified atom stereocenters. The van der Waals surface area contributed by atoms with Crippen LogP contribution in [0, 0.1) is 27.7 Å². The van der Waals surface area contributed by atoms with E-state index in [0.29, 0.717) is 28.3 Å².